The average molecular weight is 256 g/mol. The van der Waals surface area contributed by atoms with Crippen molar-refractivity contribution in [3.05, 3.63) is 27.4 Å². The van der Waals surface area contributed by atoms with E-state index < -0.39 is 4.92 Å². The van der Waals surface area contributed by atoms with Gasteiger partial charge in [-0.15, -0.1) is 0 Å². The third-order valence-corrected chi connectivity index (χ3v) is 3.39. The molecule has 1 aromatic rings. The van der Waals surface area contributed by atoms with Crippen molar-refractivity contribution in [1.82, 2.24) is 4.98 Å². The van der Waals surface area contributed by atoms with Crippen LogP contribution in [0.15, 0.2) is 12.1 Å². The van der Waals surface area contributed by atoms with Crippen LogP contribution in [0.5, 0.6) is 0 Å². The molecule has 2 heterocycles. The van der Waals surface area contributed by atoms with Crippen LogP contribution in [0.3, 0.4) is 0 Å². The van der Waals surface area contributed by atoms with Crippen LogP contribution in [0, 0.1) is 16.0 Å². The molecule has 1 unspecified atom stereocenters. The molecule has 0 N–H and O–H groups in total. The number of halogens is 1. The highest BCUT2D eigenvalue weighted by atomic mass is 35.5. The number of hydrogen-bond acceptors (Lipinski definition) is 4. The summed E-state index contributed by atoms with van der Waals surface area (Å²) in [6, 6.07) is 2.88. The Hall–Kier alpha value is -1.36. The minimum Gasteiger partial charge on any atom is -0.351 e. The zero-order valence-electron chi connectivity index (χ0n) is 9.60. The summed E-state index contributed by atoms with van der Waals surface area (Å²) in [6.07, 6.45) is 2.15. The van der Waals surface area contributed by atoms with Crippen molar-refractivity contribution >= 4 is 23.1 Å². The Bertz CT molecular complexity index is 439. The molecule has 1 fully saturated rings. The van der Waals surface area contributed by atoms with Gasteiger partial charge in [0.25, 0.3) is 0 Å². The summed E-state index contributed by atoms with van der Waals surface area (Å²) in [4.78, 5) is 16.6. The first-order valence-corrected chi connectivity index (χ1v) is 6.05. The second kappa shape index (κ2) is 4.87. The third kappa shape index (κ3) is 2.49. The van der Waals surface area contributed by atoms with Gasteiger partial charge in [0.1, 0.15) is 5.15 Å². The Balaban J connectivity index is 2.31. The van der Waals surface area contributed by atoms with Gasteiger partial charge in [-0.05, 0) is 18.4 Å². The highest BCUT2D eigenvalue weighted by Crippen LogP contribution is 2.32. The van der Waals surface area contributed by atoms with Crippen LogP contribution < -0.4 is 4.90 Å². The van der Waals surface area contributed by atoms with E-state index in [1.54, 1.807) is 0 Å². The van der Waals surface area contributed by atoms with E-state index >= 15 is 0 Å². The number of aromatic nitrogens is 1. The predicted octanol–water partition coefficient (Wildman–Crippen LogP) is 2.88. The molecule has 0 saturated carbocycles. The van der Waals surface area contributed by atoms with Crippen molar-refractivity contribution < 1.29 is 4.92 Å². The average Bonchev–Trinajstić information content (AvgIpc) is 2.76. The third-order valence-electron chi connectivity index (χ3n) is 3.18. The van der Waals surface area contributed by atoms with Crippen LogP contribution in [0.25, 0.3) is 0 Å². The fraction of sp³-hybridized carbons (Fsp3) is 0.545. The Morgan fingerprint density at radius 3 is 3.00 bits per heavy atom. The molecule has 1 aromatic heterocycles. The molecule has 1 aliphatic rings. The maximum absolute atomic E-state index is 10.9. The van der Waals surface area contributed by atoms with E-state index in [0.717, 1.165) is 25.9 Å². The summed E-state index contributed by atoms with van der Waals surface area (Å²) in [5.74, 6) is 0.994. The molecular formula is C11H14ClN3O2. The van der Waals surface area contributed by atoms with Crippen LogP contribution >= 0.6 is 11.6 Å². The lowest BCUT2D eigenvalue weighted by Gasteiger charge is -2.17. The summed E-state index contributed by atoms with van der Waals surface area (Å²) >= 11 is 5.81. The maximum atomic E-state index is 10.9. The van der Waals surface area contributed by atoms with E-state index in [4.69, 9.17) is 11.6 Å². The normalized spacial score (nSPS) is 19.6. The van der Waals surface area contributed by atoms with Gasteiger partial charge in [0.15, 0.2) is 0 Å². The topological polar surface area (TPSA) is 59.3 Å². The van der Waals surface area contributed by atoms with Crippen molar-refractivity contribution in [2.24, 2.45) is 5.92 Å². The molecule has 0 radical (unpaired) electrons. The van der Waals surface area contributed by atoms with Crippen LogP contribution in [0.1, 0.15) is 19.8 Å². The van der Waals surface area contributed by atoms with Crippen LogP contribution in [0.4, 0.5) is 11.5 Å². The zero-order valence-corrected chi connectivity index (χ0v) is 10.4. The lowest BCUT2D eigenvalue weighted by atomic mass is 10.1. The van der Waals surface area contributed by atoms with Crippen molar-refractivity contribution in [3.8, 4) is 0 Å². The first-order chi connectivity index (χ1) is 8.11. The molecular weight excluding hydrogens is 242 g/mol. The van der Waals surface area contributed by atoms with Gasteiger partial charge in [0.2, 0.25) is 5.82 Å². The fourth-order valence-electron chi connectivity index (χ4n) is 2.15. The van der Waals surface area contributed by atoms with Crippen molar-refractivity contribution in [1.29, 1.82) is 0 Å². The summed E-state index contributed by atoms with van der Waals surface area (Å²) in [5.41, 5.74) is 0.0335. The van der Waals surface area contributed by atoms with E-state index in [1.807, 2.05) is 4.90 Å². The van der Waals surface area contributed by atoms with Gasteiger partial charge in [-0.1, -0.05) is 24.9 Å². The second-order valence-electron chi connectivity index (χ2n) is 4.24. The number of anilines is 1. The number of hydrogen-bond donors (Lipinski definition) is 0. The Labute approximate surface area is 105 Å². The molecule has 92 valence electrons. The molecule has 1 atom stereocenters. The molecule has 2 rings (SSSR count). The maximum Gasteiger partial charge on any atom is 0.311 e. The van der Waals surface area contributed by atoms with E-state index in [-0.39, 0.29) is 5.69 Å². The van der Waals surface area contributed by atoms with Gasteiger partial charge in [-0.25, -0.2) is 4.98 Å². The molecule has 17 heavy (non-hydrogen) atoms. The van der Waals surface area contributed by atoms with E-state index in [9.17, 15) is 10.1 Å². The highest BCUT2D eigenvalue weighted by Gasteiger charge is 2.28. The van der Waals surface area contributed by atoms with Crippen molar-refractivity contribution in [2.45, 2.75) is 19.8 Å². The molecule has 0 amide bonds. The minimum atomic E-state index is -0.405. The van der Waals surface area contributed by atoms with Crippen LogP contribution in [0.2, 0.25) is 5.15 Å². The minimum absolute atomic E-state index is 0.0335. The standard InChI is InChI=1S/C11H14ClN3O2/c1-2-8-5-6-14(7-8)11-9(15(16)17)3-4-10(12)13-11/h3-4,8H,2,5-7H2,1H3. The largest absolute Gasteiger partial charge is 0.351 e. The second-order valence-corrected chi connectivity index (χ2v) is 4.63. The quantitative estimate of drug-likeness (QED) is 0.473. The molecule has 0 aliphatic carbocycles. The number of rotatable bonds is 3. The van der Waals surface area contributed by atoms with Gasteiger partial charge >= 0.3 is 5.69 Å². The fourth-order valence-corrected chi connectivity index (χ4v) is 2.29. The molecule has 1 saturated heterocycles. The Morgan fingerprint density at radius 1 is 1.65 bits per heavy atom. The van der Waals surface area contributed by atoms with Gasteiger partial charge < -0.3 is 4.90 Å². The Morgan fingerprint density at radius 2 is 2.41 bits per heavy atom. The monoisotopic (exact) mass is 255 g/mol. The smallest absolute Gasteiger partial charge is 0.311 e. The SMILES string of the molecule is CCC1CCN(c2nc(Cl)ccc2[N+](=O)[O-])C1. The lowest BCUT2D eigenvalue weighted by Crippen LogP contribution is -2.21. The van der Waals surface area contributed by atoms with Crippen molar-refractivity contribution in [3.63, 3.8) is 0 Å². The van der Waals surface area contributed by atoms with Gasteiger partial charge in [0, 0.05) is 19.2 Å². The predicted molar refractivity (Wildman–Crippen MR) is 66.5 cm³/mol. The first-order valence-electron chi connectivity index (χ1n) is 5.67. The number of nitrogens with zero attached hydrogens (tertiary/aromatic N) is 3. The summed E-state index contributed by atoms with van der Waals surface area (Å²) in [5, 5.41) is 11.2. The van der Waals surface area contributed by atoms with Gasteiger partial charge in [0.05, 0.1) is 4.92 Å². The van der Waals surface area contributed by atoms with Crippen LogP contribution in [-0.4, -0.2) is 23.0 Å². The van der Waals surface area contributed by atoms with Gasteiger partial charge in [-0.3, -0.25) is 10.1 Å². The lowest BCUT2D eigenvalue weighted by molar-refractivity contribution is -0.384. The van der Waals surface area contributed by atoms with E-state index in [1.165, 1.54) is 12.1 Å². The van der Waals surface area contributed by atoms with E-state index in [2.05, 4.69) is 11.9 Å². The molecule has 6 heteroatoms. The number of nitro groups is 1. The summed E-state index contributed by atoms with van der Waals surface area (Å²) in [7, 11) is 0. The van der Waals surface area contributed by atoms with Crippen LogP contribution in [-0.2, 0) is 0 Å². The highest BCUT2D eigenvalue weighted by molar-refractivity contribution is 6.29. The zero-order chi connectivity index (χ0) is 12.4. The Kier molecular flexibility index (Phi) is 3.47. The summed E-state index contributed by atoms with van der Waals surface area (Å²) in [6.45, 7) is 3.77. The molecule has 5 nitrogen and oxygen atoms in total. The van der Waals surface area contributed by atoms with Gasteiger partial charge in [-0.2, -0.15) is 0 Å². The first kappa shape index (κ1) is 12.1. The van der Waals surface area contributed by atoms with E-state index in [0.29, 0.717) is 16.9 Å². The number of pyridine rings is 1. The molecule has 0 aromatic carbocycles. The molecule has 1 aliphatic heterocycles. The molecule has 0 bridgehead atoms. The summed E-state index contributed by atoms with van der Waals surface area (Å²) < 4.78 is 0. The molecule has 0 spiro atoms. The van der Waals surface area contributed by atoms with Crippen molar-refractivity contribution in [2.75, 3.05) is 18.0 Å².